The fourth-order valence-corrected chi connectivity index (χ4v) is 1.25. The van der Waals surface area contributed by atoms with Crippen LogP contribution in [0.1, 0.15) is 0 Å². The first kappa shape index (κ1) is 26.5. The van der Waals surface area contributed by atoms with Crippen molar-refractivity contribution >= 4 is 109 Å². The van der Waals surface area contributed by atoms with Crippen LogP contribution in [0.25, 0.3) is 0 Å². The molecule has 0 aromatic heterocycles. The Balaban J connectivity index is -0.000000240. The van der Waals surface area contributed by atoms with E-state index in [0.29, 0.717) is 0 Å². The molecule has 1 unspecified atom stereocenters. The van der Waals surface area contributed by atoms with Crippen molar-refractivity contribution < 1.29 is 29.3 Å². The molecule has 0 fully saturated rings. The number of carboxylic acid groups (broad SMARTS) is 2. The third kappa shape index (κ3) is 18.3. The van der Waals surface area contributed by atoms with Crippen LogP contribution in [0.5, 0.6) is 0 Å². The summed E-state index contributed by atoms with van der Waals surface area (Å²) in [5.74, 6) is -2.48. The Bertz CT molecular complexity index is 202. The van der Waals surface area contributed by atoms with Crippen LogP contribution in [0.3, 0.4) is 0 Å². The van der Waals surface area contributed by atoms with Gasteiger partial charge in [0, 0.05) is 88.7 Å². The first-order valence-corrected chi connectivity index (χ1v) is 4.61. The summed E-state index contributed by atoms with van der Waals surface area (Å²) in [6, 6.07) is 0. The Labute approximate surface area is 160 Å². The molecule has 0 aliphatic carbocycles. The Kier molecular flexibility index (Phi) is 24.9. The molecule has 7 nitrogen and oxygen atoms in total. The van der Waals surface area contributed by atoms with Crippen LogP contribution in [-0.4, -0.2) is 140 Å². The van der Waals surface area contributed by atoms with E-state index in [9.17, 15) is 14.2 Å². The van der Waals surface area contributed by atoms with Crippen LogP contribution < -0.4 is 0 Å². The number of carbonyl (C=O) groups is 2. The molecular weight excluding hydrogens is 270 g/mol. The van der Waals surface area contributed by atoms with E-state index in [0.717, 1.165) is 4.90 Å². The largest absolute Gasteiger partial charge is 0.521 e. The van der Waals surface area contributed by atoms with E-state index in [1.54, 1.807) is 0 Å². The molecule has 16 heavy (non-hydrogen) atoms. The molecule has 3 N–H and O–H groups in total. The molecule has 0 spiro atoms. The number of nitrogens with zero attached hydrogens (tertiary/aromatic N) is 1. The second kappa shape index (κ2) is 15.0. The zero-order valence-electron chi connectivity index (χ0n) is 9.58. The first-order chi connectivity index (χ1) is 5.91. The van der Waals surface area contributed by atoms with Gasteiger partial charge in [0.2, 0.25) is 6.29 Å². The smallest absolute Gasteiger partial charge is 0.480 e. The SMILES string of the molecule is O=C(O)CN(CC(=O)O)C[P+](=O)O.[Na].[Na].[Na]. The van der Waals surface area contributed by atoms with Gasteiger partial charge in [0.25, 0.3) is 0 Å². The third-order valence-electron chi connectivity index (χ3n) is 1.04. The number of aliphatic carboxylic acids is 2. The number of rotatable bonds is 6. The van der Waals surface area contributed by atoms with Gasteiger partial charge in [-0.25, -0.2) is 4.90 Å². The minimum absolute atomic E-state index is 0. The zero-order valence-corrected chi connectivity index (χ0v) is 16.5. The Morgan fingerprint density at radius 3 is 1.50 bits per heavy atom. The summed E-state index contributed by atoms with van der Waals surface area (Å²) in [4.78, 5) is 29.6. The molecule has 0 aliphatic heterocycles. The van der Waals surface area contributed by atoms with Crippen LogP contribution in [-0.2, 0) is 14.2 Å². The molecule has 0 amide bonds. The van der Waals surface area contributed by atoms with Gasteiger partial charge < -0.3 is 10.2 Å². The molecule has 77 valence electrons. The summed E-state index contributed by atoms with van der Waals surface area (Å²) >= 11 is 0. The van der Waals surface area contributed by atoms with Crippen LogP contribution in [0.2, 0.25) is 0 Å². The molecule has 0 aromatic rings. The average Bonchev–Trinajstić information content (AvgIpc) is 1.80. The maximum atomic E-state index is 10.3. The van der Waals surface area contributed by atoms with E-state index >= 15 is 0 Å². The second-order valence-electron chi connectivity index (χ2n) is 2.27. The van der Waals surface area contributed by atoms with Gasteiger partial charge in [-0.1, -0.05) is 0 Å². The molecule has 0 bridgehead atoms. The van der Waals surface area contributed by atoms with Gasteiger partial charge in [-0.3, -0.25) is 9.59 Å². The monoisotopic (exact) mass is 279 g/mol. The molecule has 0 saturated heterocycles. The Morgan fingerprint density at radius 2 is 1.31 bits per heavy atom. The van der Waals surface area contributed by atoms with E-state index in [-0.39, 0.29) is 88.7 Å². The van der Waals surface area contributed by atoms with Crippen LogP contribution in [0, 0.1) is 0 Å². The summed E-state index contributed by atoms with van der Waals surface area (Å²) in [6.45, 7) is -1.12. The summed E-state index contributed by atoms with van der Waals surface area (Å²) in [7, 11) is -2.55. The molecule has 0 saturated carbocycles. The summed E-state index contributed by atoms with van der Waals surface area (Å²) < 4.78 is 10.3. The fourth-order valence-electron chi connectivity index (χ4n) is 0.710. The third-order valence-corrected chi connectivity index (χ3v) is 1.68. The molecular formula is C5H9NNa3O6P+. The van der Waals surface area contributed by atoms with Gasteiger partial charge in [0.1, 0.15) is 13.1 Å². The maximum Gasteiger partial charge on any atom is 0.521 e. The predicted octanol–water partition coefficient (Wildman–Crippen LogP) is -1.99. The topological polar surface area (TPSA) is 115 Å². The van der Waals surface area contributed by atoms with Crippen molar-refractivity contribution in [3.63, 3.8) is 0 Å². The molecule has 11 heteroatoms. The predicted molar refractivity (Wildman–Crippen MR) is 58.8 cm³/mol. The van der Waals surface area contributed by atoms with Crippen molar-refractivity contribution in [2.24, 2.45) is 0 Å². The molecule has 1 atom stereocenters. The molecule has 0 aliphatic rings. The van der Waals surface area contributed by atoms with Gasteiger partial charge in [-0.05, 0) is 4.57 Å². The van der Waals surface area contributed by atoms with Gasteiger partial charge in [-0.2, -0.15) is 4.89 Å². The Hall–Kier alpha value is 1.96. The van der Waals surface area contributed by atoms with Crippen molar-refractivity contribution in [3.05, 3.63) is 0 Å². The van der Waals surface area contributed by atoms with Gasteiger partial charge in [0.05, 0.1) is 0 Å². The summed E-state index contributed by atoms with van der Waals surface area (Å²) in [6.07, 6.45) is -0.450. The molecule has 3 radical (unpaired) electrons. The van der Waals surface area contributed by atoms with Crippen molar-refractivity contribution in [2.45, 2.75) is 0 Å². The van der Waals surface area contributed by atoms with E-state index in [1.165, 1.54) is 0 Å². The molecule has 0 heterocycles. The average molecular weight is 279 g/mol. The maximum absolute atomic E-state index is 10.3. The van der Waals surface area contributed by atoms with E-state index in [2.05, 4.69) is 0 Å². The normalized spacial score (nSPS) is 9.25. The summed E-state index contributed by atoms with van der Waals surface area (Å²) in [5.41, 5.74) is 0. The van der Waals surface area contributed by atoms with Crippen molar-refractivity contribution in [1.29, 1.82) is 0 Å². The van der Waals surface area contributed by atoms with E-state index in [1.807, 2.05) is 0 Å². The zero-order chi connectivity index (χ0) is 10.4. The van der Waals surface area contributed by atoms with E-state index < -0.39 is 39.3 Å². The number of carboxylic acids is 2. The standard InChI is InChI=1S/C5H8NO6P.3Na/c7-4(8)1-6(2-5(9)10)3-13(11)12;;;/h1-3H2,(H2-,7,8,9,10,11,12);;;/p+1. The van der Waals surface area contributed by atoms with Crippen molar-refractivity contribution in [1.82, 2.24) is 4.90 Å². The molecule has 0 aromatic carbocycles. The minimum Gasteiger partial charge on any atom is -0.480 e. The van der Waals surface area contributed by atoms with Crippen LogP contribution in [0.4, 0.5) is 0 Å². The van der Waals surface area contributed by atoms with E-state index in [4.69, 9.17) is 15.1 Å². The van der Waals surface area contributed by atoms with Crippen LogP contribution >= 0.6 is 8.03 Å². The summed E-state index contributed by atoms with van der Waals surface area (Å²) in [5, 5.41) is 16.6. The van der Waals surface area contributed by atoms with Gasteiger partial charge in [-0.15, -0.1) is 0 Å². The molecule has 0 rings (SSSR count). The first-order valence-electron chi connectivity index (χ1n) is 3.21. The Morgan fingerprint density at radius 1 is 1.00 bits per heavy atom. The quantitative estimate of drug-likeness (QED) is 0.380. The number of hydrogen-bond acceptors (Lipinski definition) is 4. The van der Waals surface area contributed by atoms with Crippen molar-refractivity contribution in [3.8, 4) is 0 Å². The second-order valence-corrected chi connectivity index (χ2v) is 3.26. The van der Waals surface area contributed by atoms with Gasteiger partial charge >= 0.3 is 20.0 Å². The van der Waals surface area contributed by atoms with Crippen LogP contribution in [0.15, 0.2) is 0 Å². The number of hydrogen-bond donors (Lipinski definition) is 3. The van der Waals surface area contributed by atoms with Gasteiger partial charge in [0.15, 0.2) is 0 Å². The fraction of sp³-hybridized carbons (Fsp3) is 0.600. The minimum atomic E-state index is -2.55. The van der Waals surface area contributed by atoms with Crippen molar-refractivity contribution in [2.75, 3.05) is 19.4 Å².